The molecule has 1 amide bonds. The van der Waals surface area contributed by atoms with Crippen LogP contribution in [-0.2, 0) is 14.3 Å². The number of hydrogen-bond donors (Lipinski definition) is 1. The predicted octanol–water partition coefficient (Wildman–Crippen LogP) is 0.356. The lowest BCUT2D eigenvalue weighted by Crippen LogP contribution is -2.54. The third-order valence-corrected chi connectivity index (χ3v) is 5.38. The summed E-state index contributed by atoms with van der Waals surface area (Å²) in [6.07, 6.45) is 3.45. The Kier molecular flexibility index (Phi) is 5.87. The molecule has 0 aliphatic carbocycles. The Morgan fingerprint density at radius 3 is 3.04 bits per heavy atom. The molecule has 2 aliphatic heterocycles. The molecule has 9 heteroatoms. The maximum absolute atomic E-state index is 13.0. The summed E-state index contributed by atoms with van der Waals surface area (Å²) in [4.78, 5) is 33.8. The Morgan fingerprint density at radius 2 is 2.32 bits per heavy atom. The van der Waals surface area contributed by atoms with Gasteiger partial charge in [-0.25, -0.2) is 4.98 Å². The highest BCUT2D eigenvalue weighted by molar-refractivity contribution is 7.13. The quantitative estimate of drug-likeness (QED) is 0.776. The number of aromatic nitrogens is 1. The number of ether oxygens (including phenoxy) is 1. The molecule has 1 aromatic rings. The van der Waals surface area contributed by atoms with Crippen molar-refractivity contribution >= 4 is 28.3 Å². The van der Waals surface area contributed by atoms with Crippen molar-refractivity contribution in [3.05, 3.63) is 11.6 Å². The summed E-state index contributed by atoms with van der Waals surface area (Å²) in [7, 11) is 1.75. The van der Waals surface area contributed by atoms with E-state index in [9.17, 15) is 9.59 Å². The molecule has 3 heterocycles. The Bertz CT molecular complexity index is 597. The monoisotopic (exact) mass is 368 g/mol. The first-order chi connectivity index (χ1) is 12.0. The lowest BCUT2D eigenvalue weighted by molar-refractivity contribution is -0.143. The molecular weight excluding hydrogens is 344 g/mol. The zero-order chi connectivity index (χ0) is 17.8. The molecule has 25 heavy (non-hydrogen) atoms. The molecule has 1 N–H and O–H groups in total. The lowest BCUT2D eigenvalue weighted by atomic mass is 10.1. The summed E-state index contributed by atoms with van der Waals surface area (Å²) in [6, 6.07) is -0.151. The molecule has 3 rings (SSSR count). The van der Waals surface area contributed by atoms with Gasteiger partial charge in [0.15, 0.2) is 5.13 Å². The topological polar surface area (TPSA) is 86.2 Å². The summed E-state index contributed by atoms with van der Waals surface area (Å²) in [5.41, 5.74) is 0. The molecule has 2 aliphatic rings. The van der Waals surface area contributed by atoms with E-state index in [1.807, 2.05) is 10.3 Å². The van der Waals surface area contributed by atoms with E-state index < -0.39 is 5.97 Å². The van der Waals surface area contributed by atoms with Crippen LogP contribution in [0.3, 0.4) is 0 Å². The van der Waals surface area contributed by atoms with E-state index >= 15 is 0 Å². The standard InChI is InChI=1S/C16H24N4O4S/c1-18(11-14(21)22)9-12-10-19(6-7-24-12)15(23)13-3-2-5-20(13)16-17-4-8-25-16/h4,8,12-13H,2-3,5-7,9-11H2,1H3,(H,21,22). The fourth-order valence-corrected chi connectivity index (χ4v) is 4.21. The number of amides is 1. The Hall–Kier alpha value is -1.71. The Morgan fingerprint density at radius 1 is 1.48 bits per heavy atom. The van der Waals surface area contributed by atoms with Gasteiger partial charge in [-0.15, -0.1) is 11.3 Å². The Balaban J connectivity index is 1.59. The third kappa shape index (κ3) is 4.47. The highest BCUT2D eigenvalue weighted by Gasteiger charge is 2.36. The molecule has 0 aromatic carbocycles. The molecule has 2 saturated heterocycles. The zero-order valence-corrected chi connectivity index (χ0v) is 15.2. The highest BCUT2D eigenvalue weighted by Crippen LogP contribution is 2.28. The first-order valence-corrected chi connectivity index (χ1v) is 9.39. The SMILES string of the molecule is CN(CC(=O)O)CC1CN(C(=O)C2CCCN2c2nccs2)CCO1. The van der Waals surface area contributed by atoms with E-state index in [1.165, 1.54) is 0 Å². The van der Waals surface area contributed by atoms with Crippen LogP contribution in [-0.4, -0.2) is 90.3 Å². The molecule has 0 radical (unpaired) electrons. The van der Waals surface area contributed by atoms with Gasteiger partial charge in [0.2, 0.25) is 5.91 Å². The second-order valence-electron chi connectivity index (χ2n) is 6.53. The number of likely N-dealkylation sites (N-methyl/N-ethyl adjacent to an activating group) is 1. The molecule has 138 valence electrons. The van der Waals surface area contributed by atoms with Crippen LogP contribution in [0.25, 0.3) is 0 Å². The van der Waals surface area contributed by atoms with Gasteiger partial charge in [-0.1, -0.05) is 0 Å². The predicted molar refractivity (Wildman–Crippen MR) is 93.9 cm³/mol. The minimum absolute atomic E-state index is 0.0335. The molecular formula is C16H24N4O4S. The normalized spacial score (nSPS) is 24.1. The van der Waals surface area contributed by atoms with Gasteiger partial charge in [-0.2, -0.15) is 0 Å². The number of carbonyl (C=O) groups is 2. The molecule has 0 bridgehead atoms. The molecule has 2 fully saturated rings. The van der Waals surface area contributed by atoms with Gasteiger partial charge in [0.25, 0.3) is 0 Å². The van der Waals surface area contributed by atoms with Gasteiger partial charge in [-0.3, -0.25) is 14.5 Å². The van der Waals surface area contributed by atoms with Crippen molar-refractivity contribution < 1.29 is 19.4 Å². The van der Waals surface area contributed by atoms with E-state index in [1.54, 1.807) is 29.5 Å². The first kappa shape index (κ1) is 18.1. The summed E-state index contributed by atoms with van der Waals surface area (Å²) in [5.74, 6) is -0.738. The van der Waals surface area contributed by atoms with Crippen LogP contribution in [0.4, 0.5) is 5.13 Å². The van der Waals surface area contributed by atoms with Crippen LogP contribution in [0.2, 0.25) is 0 Å². The minimum Gasteiger partial charge on any atom is -0.480 e. The number of nitrogens with zero attached hydrogens (tertiary/aromatic N) is 4. The van der Waals surface area contributed by atoms with E-state index in [-0.39, 0.29) is 24.6 Å². The van der Waals surface area contributed by atoms with Crippen molar-refractivity contribution in [2.45, 2.75) is 25.0 Å². The average molecular weight is 368 g/mol. The summed E-state index contributed by atoms with van der Waals surface area (Å²) in [5, 5.41) is 11.7. The number of carbonyl (C=O) groups excluding carboxylic acids is 1. The van der Waals surface area contributed by atoms with E-state index in [4.69, 9.17) is 9.84 Å². The van der Waals surface area contributed by atoms with E-state index in [0.717, 1.165) is 24.5 Å². The van der Waals surface area contributed by atoms with Crippen molar-refractivity contribution in [2.75, 3.05) is 51.3 Å². The van der Waals surface area contributed by atoms with Gasteiger partial charge >= 0.3 is 5.97 Å². The van der Waals surface area contributed by atoms with Crippen molar-refractivity contribution in [3.63, 3.8) is 0 Å². The number of thiazole rings is 1. The molecule has 2 atom stereocenters. The molecule has 0 saturated carbocycles. The molecule has 1 aromatic heterocycles. The van der Waals surface area contributed by atoms with Gasteiger partial charge in [-0.05, 0) is 19.9 Å². The van der Waals surface area contributed by atoms with Crippen LogP contribution in [0, 0.1) is 0 Å². The fourth-order valence-electron chi connectivity index (χ4n) is 3.49. The number of anilines is 1. The molecule has 2 unspecified atom stereocenters. The fraction of sp³-hybridized carbons (Fsp3) is 0.688. The number of carboxylic acids is 1. The zero-order valence-electron chi connectivity index (χ0n) is 14.3. The van der Waals surface area contributed by atoms with Crippen LogP contribution in [0.1, 0.15) is 12.8 Å². The van der Waals surface area contributed by atoms with Crippen molar-refractivity contribution in [1.82, 2.24) is 14.8 Å². The van der Waals surface area contributed by atoms with Crippen LogP contribution >= 0.6 is 11.3 Å². The van der Waals surface area contributed by atoms with Crippen LogP contribution in [0.15, 0.2) is 11.6 Å². The number of aliphatic carboxylic acids is 1. The van der Waals surface area contributed by atoms with Gasteiger partial charge in [0, 0.05) is 37.8 Å². The Labute approximate surface area is 151 Å². The smallest absolute Gasteiger partial charge is 0.317 e. The highest BCUT2D eigenvalue weighted by atomic mass is 32.1. The largest absolute Gasteiger partial charge is 0.480 e. The van der Waals surface area contributed by atoms with Gasteiger partial charge < -0.3 is 19.6 Å². The number of carboxylic acid groups (broad SMARTS) is 1. The number of morpholine rings is 1. The summed E-state index contributed by atoms with van der Waals surface area (Å²) >= 11 is 1.56. The van der Waals surface area contributed by atoms with E-state index in [2.05, 4.69) is 9.88 Å². The summed E-state index contributed by atoms with van der Waals surface area (Å²) in [6.45, 7) is 2.90. The minimum atomic E-state index is -0.865. The van der Waals surface area contributed by atoms with Crippen LogP contribution < -0.4 is 4.90 Å². The van der Waals surface area contributed by atoms with Gasteiger partial charge in [0.1, 0.15) is 6.04 Å². The lowest BCUT2D eigenvalue weighted by Gasteiger charge is -2.37. The van der Waals surface area contributed by atoms with Crippen molar-refractivity contribution in [1.29, 1.82) is 0 Å². The average Bonchev–Trinajstić information content (AvgIpc) is 3.24. The first-order valence-electron chi connectivity index (χ1n) is 8.51. The van der Waals surface area contributed by atoms with Crippen LogP contribution in [0.5, 0.6) is 0 Å². The third-order valence-electron chi connectivity index (χ3n) is 4.57. The van der Waals surface area contributed by atoms with Crippen molar-refractivity contribution in [2.24, 2.45) is 0 Å². The maximum atomic E-state index is 13.0. The second kappa shape index (κ2) is 8.11. The summed E-state index contributed by atoms with van der Waals surface area (Å²) < 4.78 is 5.72. The number of hydrogen-bond acceptors (Lipinski definition) is 7. The van der Waals surface area contributed by atoms with Gasteiger partial charge in [0.05, 0.1) is 19.3 Å². The van der Waals surface area contributed by atoms with E-state index in [0.29, 0.717) is 26.2 Å². The second-order valence-corrected chi connectivity index (χ2v) is 7.41. The molecule has 8 nitrogen and oxygen atoms in total. The maximum Gasteiger partial charge on any atom is 0.317 e. The van der Waals surface area contributed by atoms with Crippen molar-refractivity contribution in [3.8, 4) is 0 Å². The molecule has 0 spiro atoms. The number of rotatable bonds is 6.